The summed E-state index contributed by atoms with van der Waals surface area (Å²) in [5.74, 6) is -0.322. The van der Waals surface area contributed by atoms with E-state index in [1.54, 1.807) is 11.3 Å². The van der Waals surface area contributed by atoms with Crippen LogP contribution >= 0.6 is 54.5 Å². The van der Waals surface area contributed by atoms with Crippen molar-refractivity contribution in [2.45, 2.75) is 78.1 Å². The van der Waals surface area contributed by atoms with Crippen molar-refractivity contribution >= 4 is 72.2 Å². The van der Waals surface area contributed by atoms with Gasteiger partial charge >= 0.3 is 0 Å². The summed E-state index contributed by atoms with van der Waals surface area (Å²) in [5, 5.41) is 0. The number of carbonyl (C=O) groups excluding carboxylic acids is 2. The lowest BCUT2D eigenvalue weighted by Crippen LogP contribution is -2.00. The highest BCUT2D eigenvalue weighted by atomic mass is 79.9. The van der Waals surface area contributed by atoms with Crippen LogP contribution in [-0.2, 0) is 12.8 Å². The molecule has 1 aliphatic carbocycles. The number of hydrogen-bond acceptors (Lipinski definition) is 4. The Labute approximate surface area is 204 Å². The minimum atomic E-state index is -0.161. The average Bonchev–Trinajstić information content (AvgIpc) is 3.32. The smallest absolute Gasteiger partial charge is 0.199 e. The molecule has 2 nitrogen and oxygen atoms in total. The van der Waals surface area contributed by atoms with Crippen molar-refractivity contribution in [2.24, 2.45) is 0 Å². The van der Waals surface area contributed by atoms with Crippen LogP contribution in [0.4, 0.5) is 0 Å². The van der Waals surface area contributed by atoms with E-state index in [0.717, 1.165) is 25.3 Å². The van der Waals surface area contributed by atoms with E-state index < -0.39 is 0 Å². The minimum Gasteiger partial charge on any atom is -0.288 e. The summed E-state index contributed by atoms with van der Waals surface area (Å²) in [6, 6.07) is 2.22. The molecule has 0 bridgehead atoms. The van der Waals surface area contributed by atoms with Gasteiger partial charge in [0.25, 0.3) is 0 Å². The number of rotatable bonds is 11. The van der Waals surface area contributed by atoms with Crippen LogP contribution in [0.1, 0.15) is 101 Å². The molecule has 3 rings (SSSR count). The van der Waals surface area contributed by atoms with Gasteiger partial charge in [0.05, 0.1) is 24.3 Å². The molecule has 0 fully saturated rings. The molecular formula is C24H28Br2O2S2. The third-order valence-electron chi connectivity index (χ3n) is 5.53. The third-order valence-corrected chi connectivity index (χ3v) is 9.24. The Kier molecular flexibility index (Phi) is 9.11. The van der Waals surface area contributed by atoms with E-state index in [1.165, 1.54) is 73.1 Å². The Hall–Kier alpha value is -0.560. The second kappa shape index (κ2) is 11.3. The van der Waals surface area contributed by atoms with Gasteiger partial charge in [-0.3, -0.25) is 9.59 Å². The van der Waals surface area contributed by atoms with Gasteiger partial charge in [-0.15, -0.1) is 22.7 Å². The van der Waals surface area contributed by atoms with Crippen LogP contribution in [0, 0.1) is 0 Å². The fraction of sp³-hybridized carbons (Fsp3) is 0.500. The predicted octanol–water partition coefficient (Wildman–Crippen LogP) is 9.04. The lowest BCUT2D eigenvalue weighted by Gasteiger charge is -2.04. The molecule has 0 saturated carbocycles. The Balaban J connectivity index is 1.82. The number of thiophene rings is 2. The van der Waals surface area contributed by atoms with Crippen molar-refractivity contribution in [3.8, 4) is 0 Å². The molecule has 30 heavy (non-hydrogen) atoms. The Morgan fingerprint density at radius 2 is 1.37 bits per heavy atom. The molecule has 162 valence electrons. The van der Waals surface area contributed by atoms with Gasteiger partial charge in [0.2, 0.25) is 0 Å². The second-order valence-corrected chi connectivity index (χ2v) is 12.7. The second-order valence-electron chi connectivity index (χ2n) is 7.83. The zero-order valence-corrected chi connectivity index (χ0v) is 22.4. The van der Waals surface area contributed by atoms with Gasteiger partial charge in [0, 0.05) is 9.75 Å². The quantitative estimate of drug-likeness (QED) is 0.153. The summed E-state index contributed by atoms with van der Waals surface area (Å²) in [6.45, 7) is 4.47. The van der Waals surface area contributed by atoms with Crippen molar-refractivity contribution in [3.63, 3.8) is 0 Å². The molecule has 2 heterocycles. The van der Waals surface area contributed by atoms with E-state index >= 15 is 0 Å². The number of hydrogen-bond donors (Lipinski definition) is 0. The topological polar surface area (TPSA) is 34.1 Å². The van der Waals surface area contributed by atoms with Crippen molar-refractivity contribution in [3.05, 3.63) is 45.7 Å². The molecule has 0 radical (unpaired) electrons. The van der Waals surface area contributed by atoms with Crippen LogP contribution in [0.15, 0.2) is 19.2 Å². The van der Waals surface area contributed by atoms with E-state index in [-0.39, 0.29) is 11.6 Å². The highest BCUT2D eigenvalue weighted by molar-refractivity contribution is 9.12. The highest BCUT2D eigenvalue weighted by Gasteiger charge is 2.38. The van der Waals surface area contributed by atoms with E-state index in [4.69, 9.17) is 0 Å². The van der Waals surface area contributed by atoms with Gasteiger partial charge in [0.15, 0.2) is 11.6 Å². The number of carbonyl (C=O) groups is 2. The molecule has 6 heteroatoms. The molecule has 0 aromatic carbocycles. The first-order chi connectivity index (χ1) is 14.5. The Morgan fingerprint density at radius 1 is 0.800 bits per heavy atom. The number of aryl methyl sites for hydroxylation is 2. The van der Waals surface area contributed by atoms with Crippen LogP contribution in [-0.4, -0.2) is 11.6 Å². The summed E-state index contributed by atoms with van der Waals surface area (Å²) in [7, 11) is 0. The molecule has 2 aromatic rings. The Morgan fingerprint density at radius 3 is 1.93 bits per heavy atom. The molecule has 0 amide bonds. The molecule has 0 N–H and O–H groups in total. The third kappa shape index (κ3) is 5.43. The summed E-state index contributed by atoms with van der Waals surface area (Å²) in [6.07, 6.45) is 14.0. The molecule has 0 unspecified atom stereocenters. The maximum atomic E-state index is 12.9. The minimum absolute atomic E-state index is 0.161. The summed E-state index contributed by atoms with van der Waals surface area (Å²) < 4.78 is 1.45. The van der Waals surface area contributed by atoms with Gasteiger partial charge in [-0.1, -0.05) is 52.4 Å². The van der Waals surface area contributed by atoms with Crippen LogP contribution < -0.4 is 0 Å². The van der Waals surface area contributed by atoms with E-state index in [2.05, 4.69) is 51.8 Å². The number of fused-ring (bicyclic) bond motifs is 1. The molecule has 0 spiro atoms. The van der Waals surface area contributed by atoms with Crippen LogP contribution in [0.2, 0.25) is 0 Å². The number of allylic oxidation sites excluding steroid dienone is 1. The summed E-state index contributed by atoms with van der Waals surface area (Å²) >= 11 is 10.0. The first kappa shape index (κ1) is 24.1. The first-order valence-corrected chi connectivity index (χ1v) is 14.1. The molecule has 2 aromatic heterocycles. The average molecular weight is 572 g/mol. The van der Waals surface area contributed by atoms with Gasteiger partial charge in [0.1, 0.15) is 0 Å². The number of ketones is 2. The largest absolute Gasteiger partial charge is 0.288 e. The lowest BCUT2D eigenvalue weighted by atomic mass is 10.0. The number of unbranched alkanes of at least 4 members (excludes halogenated alkanes) is 6. The molecule has 0 aliphatic heterocycles. The van der Waals surface area contributed by atoms with Gasteiger partial charge < -0.3 is 0 Å². The first-order valence-electron chi connectivity index (χ1n) is 10.9. The standard InChI is InChI=1S/C24H28Br2O2S2/c1-3-5-7-9-11-15-13-16(29-18(15)12-10-8-6-4-2)14-17-21(27)19-20(22(17)28)24(26)30-23(19)25/h13-14H,3-12H2,1-2H3. The lowest BCUT2D eigenvalue weighted by molar-refractivity contribution is 0.0990. The van der Waals surface area contributed by atoms with Crippen molar-refractivity contribution in [1.29, 1.82) is 0 Å². The maximum Gasteiger partial charge on any atom is 0.199 e. The summed E-state index contributed by atoms with van der Waals surface area (Å²) in [5.41, 5.74) is 2.73. The molecule has 1 aliphatic rings. The number of Topliss-reactive ketones (excluding diaryl/α,β-unsaturated/α-hetero) is 2. The molecule has 0 atom stereocenters. The van der Waals surface area contributed by atoms with Gasteiger partial charge in [-0.05, 0) is 75.2 Å². The van der Waals surface area contributed by atoms with Crippen LogP contribution in [0.25, 0.3) is 6.08 Å². The van der Waals surface area contributed by atoms with Crippen LogP contribution in [0.5, 0.6) is 0 Å². The van der Waals surface area contributed by atoms with Crippen molar-refractivity contribution in [1.82, 2.24) is 0 Å². The van der Waals surface area contributed by atoms with E-state index in [0.29, 0.717) is 16.7 Å². The zero-order chi connectivity index (χ0) is 21.7. The van der Waals surface area contributed by atoms with E-state index in [1.807, 2.05) is 6.08 Å². The van der Waals surface area contributed by atoms with Crippen molar-refractivity contribution < 1.29 is 9.59 Å². The van der Waals surface area contributed by atoms with Crippen molar-refractivity contribution in [2.75, 3.05) is 0 Å². The summed E-state index contributed by atoms with van der Waals surface area (Å²) in [4.78, 5) is 28.3. The van der Waals surface area contributed by atoms with E-state index in [9.17, 15) is 9.59 Å². The molecule has 0 saturated heterocycles. The monoisotopic (exact) mass is 570 g/mol. The molecular weight excluding hydrogens is 544 g/mol. The maximum absolute atomic E-state index is 12.9. The Bertz CT molecular complexity index is 885. The number of halogens is 2. The van der Waals surface area contributed by atoms with Crippen LogP contribution in [0.3, 0.4) is 0 Å². The van der Waals surface area contributed by atoms with Gasteiger partial charge in [-0.2, -0.15) is 0 Å². The normalized spacial score (nSPS) is 13.4. The fourth-order valence-electron chi connectivity index (χ4n) is 3.87. The predicted molar refractivity (Wildman–Crippen MR) is 136 cm³/mol. The SMILES string of the molecule is CCCCCCc1cc(C=C2C(=O)c3c(Br)sc(Br)c3C2=O)sc1CCCCCC. The van der Waals surface area contributed by atoms with Gasteiger partial charge in [-0.25, -0.2) is 0 Å². The zero-order valence-electron chi connectivity index (χ0n) is 17.6. The highest BCUT2D eigenvalue weighted by Crippen LogP contribution is 2.44. The fourth-order valence-corrected chi connectivity index (χ4v) is 8.20.